The van der Waals surface area contributed by atoms with E-state index in [1.165, 1.54) is 0 Å². The first kappa shape index (κ1) is 29.3. The predicted octanol–water partition coefficient (Wildman–Crippen LogP) is 5.51. The molecule has 0 saturated carbocycles. The molecule has 1 fully saturated rings. The van der Waals surface area contributed by atoms with Crippen molar-refractivity contribution in [1.29, 1.82) is 0 Å². The van der Waals surface area contributed by atoms with Gasteiger partial charge in [0.15, 0.2) is 0 Å². The molecule has 0 spiro atoms. The van der Waals surface area contributed by atoms with Crippen LogP contribution in [-0.2, 0) is 25.9 Å². The minimum absolute atomic E-state index is 0.0988. The minimum atomic E-state index is -0.713. The van der Waals surface area contributed by atoms with Crippen molar-refractivity contribution in [2.75, 3.05) is 11.5 Å². The van der Waals surface area contributed by atoms with E-state index in [-0.39, 0.29) is 12.1 Å². The van der Waals surface area contributed by atoms with Crippen molar-refractivity contribution in [2.24, 2.45) is 0 Å². The lowest BCUT2D eigenvalue weighted by molar-refractivity contribution is 0.0661. The number of urea groups is 1. The van der Waals surface area contributed by atoms with Gasteiger partial charge < -0.3 is 26.4 Å². The molecule has 0 unspecified atom stereocenters. The number of aliphatic hydroxyl groups excluding tert-OH is 1. The van der Waals surface area contributed by atoms with Gasteiger partial charge in [0, 0.05) is 30.5 Å². The van der Waals surface area contributed by atoms with Crippen molar-refractivity contribution in [3.8, 4) is 12.8 Å². The number of nitrogen functional groups attached to an aromatic ring is 2. The van der Waals surface area contributed by atoms with E-state index in [1.807, 2.05) is 107 Å². The summed E-state index contributed by atoms with van der Waals surface area (Å²) in [5.74, 6) is 0. The highest BCUT2D eigenvalue weighted by Crippen LogP contribution is 2.30. The second-order valence-electron chi connectivity index (χ2n) is 10.4. The largest absolute Gasteiger partial charge is 0.399 e. The van der Waals surface area contributed by atoms with Crippen LogP contribution in [0.15, 0.2) is 109 Å². The number of hydrogen-bond donors (Lipinski definition) is 3. The number of aliphatic hydroxyl groups is 1. The number of hydrogen-bond acceptors (Lipinski definition) is 4. The highest BCUT2D eigenvalue weighted by atomic mass is 16.3. The van der Waals surface area contributed by atoms with Crippen molar-refractivity contribution < 1.29 is 9.90 Å². The quantitative estimate of drug-likeness (QED) is 0.201. The lowest BCUT2D eigenvalue weighted by atomic mass is 9.93. The second kappa shape index (κ2) is 14.1. The van der Waals surface area contributed by atoms with E-state index in [0.29, 0.717) is 43.7 Å². The highest BCUT2D eigenvalue weighted by Gasteiger charge is 2.41. The van der Waals surface area contributed by atoms with Crippen LogP contribution in [-0.4, -0.2) is 39.1 Å². The number of nitrogens with zero attached hydrogens (tertiary/aromatic N) is 2. The van der Waals surface area contributed by atoms with E-state index in [1.54, 1.807) is 0 Å². The monoisotopic (exact) mass is 546 g/mol. The molecule has 41 heavy (non-hydrogen) atoms. The van der Waals surface area contributed by atoms with Gasteiger partial charge in [0.1, 0.15) is 0 Å². The Labute approximate surface area is 243 Å². The van der Waals surface area contributed by atoms with Crippen LogP contribution >= 0.6 is 0 Å². The Hall–Kier alpha value is -4.73. The average Bonchev–Trinajstić information content (AvgIpc) is 3.06. The fourth-order valence-corrected chi connectivity index (χ4v) is 5.57. The molecule has 1 aliphatic heterocycles. The smallest absolute Gasteiger partial charge is 0.321 e. The van der Waals surface area contributed by atoms with Crippen LogP contribution in [0.4, 0.5) is 16.2 Å². The molecule has 2 amide bonds. The average molecular weight is 547 g/mol. The molecule has 1 aliphatic rings. The summed E-state index contributed by atoms with van der Waals surface area (Å²) in [6.07, 6.45) is 8.96. The van der Waals surface area contributed by atoms with Crippen LogP contribution < -0.4 is 11.5 Å². The maximum absolute atomic E-state index is 14.5. The summed E-state index contributed by atoms with van der Waals surface area (Å²) in [6, 6.07) is 34.8. The van der Waals surface area contributed by atoms with E-state index in [4.69, 9.17) is 11.5 Å². The molecule has 6 heteroatoms. The maximum atomic E-state index is 14.5. The topological polar surface area (TPSA) is 95.8 Å². The van der Waals surface area contributed by atoms with Gasteiger partial charge >= 0.3 is 6.03 Å². The molecule has 5 rings (SSSR count). The zero-order chi connectivity index (χ0) is 29.2. The number of nitrogens with two attached hydrogens (primary N) is 2. The predicted molar refractivity (Wildman–Crippen MR) is 167 cm³/mol. The fourth-order valence-electron chi connectivity index (χ4n) is 5.57. The molecule has 6 nitrogen and oxygen atoms in total. The third-order valence-electron chi connectivity index (χ3n) is 7.50. The summed E-state index contributed by atoms with van der Waals surface area (Å²) in [7, 11) is 0. The first-order chi connectivity index (χ1) is 20.0. The minimum Gasteiger partial charge on any atom is -0.399 e. The second-order valence-corrected chi connectivity index (χ2v) is 10.4. The van der Waals surface area contributed by atoms with E-state index in [9.17, 15) is 9.90 Å². The Balaban J connectivity index is 0.00000189. The molecule has 0 aromatic heterocycles. The number of carbonyl (C=O) groups is 1. The molecule has 5 N–H and O–H groups in total. The Bertz CT molecular complexity index is 1420. The Kier molecular flexibility index (Phi) is 10.0. The van der Waals surface area contributed by atoms with Crippen molar-refractivity contribution in [3.05, 3.63) is 131 Å². The number of carbonyl (C=O) groups excluding carboxylic acids is 1. The normalized spacial score (nSPS) is 18.7. The number of rotatable bonds is 8. The highest BCUT2D eigenvalue weighted by molar-refractivity contribution is 5.76. The molecule has 0 radical (unpaired) electrons. The Morgan fingerprint density at radius 1 is 0.659 bits per heavy atom. The number of anilines is 2. The summed E-state index contributed by atoms with van der Waals surface area (Å²) in [4.78, 5) is 18.3. The summed E-state index contributed by atoms with van der Waals surface area (Å²) >= 11 is 0. The molecule has 4 aromatic rings. The summed E-state index contributed by atoms with van der Waals surface area (Å²) in [5.41, 5.74) is 17.6. The van der Waals surface area contributed by atoms with Crippen molar-refractivity contribution >= 4 is 17.4 Å². The van der Waals surface area contributed by atoms with E-state index in [0.717, 1.165) is 22.3 Å². The van der Waals surface area contributed by atoms with Crippen LogP contribution in [0.3, 0.4) is 0 Å². The van der Waals surface area contributed by atoms with Gasteiger partial charge in [-0.2, -0.15) is 0 Å². The van der Waals surface area contributed by atoms with Gasteiger partial charge in [-0.15, -0.1) is 12.8 Å². The molecule has 4 aromatic carbocycles. The molecular weight excluding hydrogens is 508 g/mol. The fraction of sp³-hybridized carbons (Fsp3) is 0.229. The molecule has 0 aliphatic carbocycles. The first-order valence-electron chi connectivity index (χ1n) is 13.8. The first-order valence-corrected chi connectivity index (χ1v) is 13.8. The third-order valence-corrected chi connectivity index (χ3v) is 7.50. The van der Waals surface area contributed by atoms with Gasteiger partial charge in [-0.05, 0) is 65.8 Å². The summed E-state index contributed by atoms with van der Waals surface area (Å²) < 4.78 is 0. The number of benzene rings is 4. The zero-order valence-corrected chi connectivity index (χ0v) is 23.2. The zero-order valence-electron chi connectivity index (χ0n) is 23.2. The van der Waals surface area contributed by atoms with Gasteiger partial charge in [-0.25, -0.2) is 4.79 Å². The van der Waals surface area contributed by atoms with E-state index in [2.05, 4.69) is 25.0 Å². The molecule has 1 heterocycles. The third kappa shape index (κ3) is 7.69. The van der Waals surface area contributed by atoms with Gasteiger partial charge in [0.2, 0.25) is 0 Å². The van der Waals surface area contributed by atoms with E-state index < -0.39 is 12.1 Å². The summed E-state index contributed by atoms with van der Waals surface area (Å²) in [6.45, 7) is 0.753. The van der Waals surface area contributed by atoms with Gasteiger partial charge in [0.25, 0.3) is 0 Å². The van der Waals surface area contributed by atoms with Gasteiger partial charge in [0.05, 0.1) is 12.1 Å². The Morgan fingerprint density at radius 2 is 1.12 bits per heavy atom. The van der Waals surface area contributed by atoms with Gasteiger partial charge in [-0.3, -0.25) is 0 Å². The van der Waals surface area contributed by atoms with Gasteiger partial charge in [-0.1, -0.05) is 84.9 Å². The molecule has 3 atom stereocenters. The Morgan fingerprint density at radius 3 is 1.63 bits per heavy atom. The van der Waals surface area contributed by atoms with Crippen molar-refractivity contribution in [2.45, 2.75) is 50.5 Å². The van der Waals surface area contributed by atoms with Crippen molar-refractivity contribution in [1.82, 2.24) is 9.80 Å². The SMILES string of the molecule is C#C.Nc1cccc(CN2C(=O)N(Cc3cccc(N)c3)[C@H](Cc3ccccc3)[C@H](O)C[C@H]2Cc2ccccc2)c1. The molecule has 0 bridgehead atoms. The van der Waals surface area contributed by atoms with E-state index >= 15 is 0 Å². The van der Waals surface area contributed by atoms with Crippen LogP contribution in [0.25, 0.3) is 0 Å². The van der Waals surface area contributed by atoms with Crippen molar-refractivity contribution in [3.63, 3.8) is 0 Å². The lowest BCUT2D eigenvalue weighted by Gasteiger charge is -2.36. The van der Waals surface area contributed by atoms with Crippen LogP contribution in [0.1, 0.15) is 28.7 Å². The number of amides is 2. The number of terminal acetylenes is 1. The lowest BCUT2D eigenvalue weighted by Crippen LogP contribution is -2.50. The standard InChI is InChI=1S/C33H36N4O2.C2H2/c34-28-15-7-13-26(17-28)22-36-30(19-24-9-3-1-4-10-24)21-32(38)31(20-25-11-5-2-6-12-25)37(33(36)39)23-27-14-8-16-29(35)18-27;1-2/h1-18,30-32,38H,19-23,34-35H2;1-2H/t30-,31-,32-;/m1./s1. The van der Waals surface area contributed by atoms with Crippen LogP contribution in [0.2, 0.25) is 0 Å². The van der Waals surface area contributed by atoms with Crippen LogP contribution in [0, 0.1) is 12.8 Å². The molecular formula is C35H38N4O2. The molecule has 1 saturated heterocycles. The van der Waals surface area contributed by atoms with Crippen LogP contribution in [0.5, 0.6) is 0 Å². The summed E-state index contributed by atoms with van der Waals surface area (Å²) in [5, 5.41) is 11.7. The molecule has 210 valence electrons. The maximum Gasteiger partial charge on any atom is 0.321 e.